The summed E-state index contributed by atoms with van der Waals surface area (Å²) in [6.07, 6.45) is 0. The minimum atomic E-state index is -0.621. The summed E-state index contributed by atoms with van der Waals surface area (Å²) in [4.78, 5) is 2.40. The van der Waals surface area contributed by atoms with E-state index >= 15 is 0 Å². The summed E-state index contributed by atoms with van der Waals surface area (Å²) in [6.45, 7) is 0. The van der Waals surface area contributed by atoms with Crippen LogP contribution in [0.25, 0.3) is 55.0 Å². The van der Waals surface area contributed by atoms with Crippen molar-refractivity contribution in [3.8, 4) is 33.8 Å². The molecule has 0 bridgehead atoms. The lowest BCUT2D eigenvalue weighted by atomic mass is 9.65. The molecule has 2 aliphatic rings. The Morgan fingerprint density at radius 1 is 0.411 bits per heavy atom. The van der Waals surface area contributed by atoms with Crippen molar-refractivity contribution in [1.29, 1.82) is 0 Å². The summed E-state index contributed by atoms with van der Waals surface area (Å²) in [5.41, 5.74) is 13.7. The SMILES string of the molecule is c1ccc(-c2ccc(N(c3cccc4c3-c3ccccc3C43c4ccccc4Oc4c3ccc3ccccc43)c3cccc4c3oc3ccccc34)cc2)cc1. The minimum absolute atomic E-state index is 0.621. The van der Waals surface area contributed by atoms with Crippen LogP contribution < -0.4 is 9.64 Å². The first-order chi connectivity index (χ1) is 27.8. The summed E-state index contributed by atoms with van der Waals surface area (Å²) in [5.74, 6) is 1.79. The van der Waals surface area contributed by atoms with Crippen LogP contribution in [0.4, 0.5) is 17.1 Å². The van der Waals surface area contributed by atoms with Crippen molar-refractivity contribution in [2.45, 2.75) is 5.41 Å². The summed E-state index contributed by atoms with van der Waals surface area (Å²) >= 11 is 0. The van der Waals surface area contributed by atoms with Crippen molar-refractivity contribution >= 4 is 49.8 Å². The fraction of sp³-hybridized carbons (Fsp3) is 0.0189. The number of hydrogen-bond donors (Lipinski definition) is 0. The first kappa shape index (κ1) is 31.0. The van der Waals surface area contributed by atoms with Gasteiger partial charge in [0.1, 0.15) is 17.1 Å². The van der Waals surface area contributed by atoms with Gasteiger partial charge in [-0.05, 0) is 69.6 Å². The van der Waals surface area contributed by atoms with Gasteiger partial charge in [-0.2, -0.15) is 0 Å². The zero-order valence-electron chi connectivity index (χ0n) is 30.3. The van der Waals surface area contributed by atoms with E-state index in [-0.39, 0.29) is 0 Å². The maximum atomic E-state index is 6.93. The van der Waals surface area contributed by atoms with Crippen molar-refractivity contribution in [3.63, 3.8) is 0 Å². The van der Waals surface area contributed by atoms with E-state index in [1.54, 1.807) is 0 Å². The van der Waals surface area contributed by atoms with E-state index in [1.807, 2.05) is 6.07 Å². The van der Waals surface area contributed by atoms with Gasteiger partial charge in [-0.3, -0.25) is 0 Å². The van der Waals surface area contributed by atoms with Gasteiger partial charge in [-0.1, -0.05) is 164 Å². The molecule has 3 nitrogen and oxygen atoms in total. The Kier molecular flexibility index (Phi) is 6.55. The van der Waals surface area contributed by atoms with Crippen molar-refractivity contribution in [2.75, 3.05) is 4.90 Å². The second kappa shape index (κ2) is 11.8. The zero-order chi connectivity index (χ0) is 36.8. The van der Waals surface area contributed by atoms with E-state index in [0.29, 0.717) is 0 Å². The molecule has 0 saturated heterocycles. The number of ether oxygens (including phenoxy) is 1. The molecule has 0 amide bonds. The van der Waals surface area contributed by atoms with E-state index in [9.17, 15) is 0 Å². The molecule has 1 spiro atoms. The molecule has 0 fully saturated rings. The number of rotatable bonds is 4. The highest BCUT2D eigenvalue weighted by molar-refractivity contribution is 6.11. The average molecular weight is 716 g/mol. The Balaban J connectivity index is 1.18. The number of fused-ring (bicyclic) bond motifs is 14. The van der Waals surface area contributed by atoms with Crippen molar-refractivity contribution < 1.29 is 9.15 Å². The standard InChI is InChI=1S/C53H33NO2/c1-2-14-34(15-3-1)35-28-31-37(32-29-35)54(47-25-12-20-40-39-18-7-10-26-48(39)55-52(40)47)46-24-13-23-44-50(46)41-19-6-8-21-42(41)53(44)43-22-9-11-27-49(43)56-51-38-17-5-4-16-36(38)30-33-45(51)53/h1-33H. The molecule has 1 aliphatic carbocycles. The lowest BCUT2D eigenvalue weighted by Gasteiger charge is -2.40. The Morgan fingerprint density at radius 2 is 1.07 bits per heavy atom. The molecule has 0 saturated carbocycles. The van der Waals surface area contributed by atoms with Crippen LogP contribution in [0.2, 0.25) is 0 Å². The molecule has 1 aromatic heterocycles. The number of benzene rings is 9. The van der Waals surface area contributed by atoms with Gasteiger partial charge in [0.25, 0.3) is 0 Å². The Hall–Kier alpha value is -7.36. The van der Waals surface area contributed by atoms with Gasteiger partial charge in [0.15, 0.2) is 5.58 Å². The fourth-order valence-electron chi connectivity index (χ4n) is 9.59. The number of anilines is 3. The van der Waals surface area contributed by atoms with E-state index in [4.69, 9.17) is 9.15 Å². The van der Waals surface area contributed by atoms with E-state index in [2.05, 4.69) is 199 Å². The van der Waals surface area contributed by atoms with Gasteiger partial charge in [0, 0.05) is 38.5 Å². The molecule has 0 radical (unpaired) electrons. The molecule has 56 heavy (non-hydrogen) atoms. The molecule has 10 aromatic rings. The Morgan fingerprint density at radius 3 is 1.96 bits per heavy atom. The zero-order valence-corrected chi connectivity index (χ0v) is 30.3. The molecule has 0 N–H and O–H groups in total. The van der Waals surface area contributed by atoms with Gasteiger partial charge in [0.2, 0.25) is 0 Å². The third-order valence-corrected chi connectivity index (χ3v) is 11.9. The third-order valence-electron chi connectivity index (χ3n) is 11.9. The van der Waals surface area contributed by atoms with Gasteiger partial charge in [-0.15, -0.1) is 0 Å². The van der Waals surface area contributed by atoms with Gasteiger partial charge in [-0.25, -0.2) is 0 Å². The molecule has 262 valence electrons. The van der Waals surface area contributed by atoms with E-state index in [1.165, 1.54) is 33.4 Å². The Labute approximate surface area is 324 Å². The molecule has 3 heteroatoms. The van der Waals surface area contributed by atoms with Crippen LogP contribution in [0.5, 0.6) is 11.5 Å². The number of nitrogens with zero attached hydrogens (tertiary/aromatic N) is 1. The van der Waals surface area contributed by atoms with E-state index in [0.717, 1.165) is 72.4 Å². The predicted molar refractivity (Wildman–Crippen MR) is 229 cm³/mol. The van der Waals surface area contributed by atoms with Crippen LogP contribution in [0.3, 0.4) is 0 Å². The first-order valence-corrected chi connectivity index (χ1v) is 19.2. The van der Waals surface area contributed by atoms with E-state index < -0.39 is 5.41 Å². The summed E-state index contributed by atoms with van der Waals surface area (Å²) in [6, 6.07) is 71.8. The topological polar surface area (TPSA) is 25.6 Å². The first-order valence-electron chi connectivity index (χ1n) is 19.2. The maximum Gasteiger partial charge on any atom is 0.159 e. The molecule has 1 aliphatic heterocycles. The number of hydrogen-bond acceptors (Lipinski definition) is 3. The third kappa shape index (κ3) is 4.22. The molecule has 2 heterocycles. The highest BCUT2D eigenvalue weighted by Crippen LogP contribution is 2.65. The summed E-state index contributed by atoms with van der Waals surface area (Å²) in [5, 5.41) is 4.46. The van der Waals surface area contributed by atoms with Gasteiger partial charge in [0.05, 0.1) is 16.8 Å². The maximum absolute atomic E-state index is 6.93. The normalized spacial score (nSPS) is 15.0. The average Bonchev–Trinajstić information content (AvgIpc) is 3.79. The lowest BCUT2D eigenvalue weighted by Crippen LogP contribution is -2.32. The molecular formula is C53H33NO2. The fourth-order valence-corrected chi connectivity index (χ4v) is 9.59. The molecule has 1 unspecified atom stereocenters. The van der Waals surface area contributed by atoms with Crippen LogP contribution in [-0.4, -0.2) is 0 Å². The van der Waals surface area contributed by atoms with Crippen molar-refractivity contribution in [3.05, 3.63) is 222 Å². The number of furan rings is 1. The van der Waals surface area contributed by atoms with Crippen molar-refractivity contribution in [2.24, 2.45) is 0 Å². The van der Waals surface area contributed by atoms with Gasteiger partial charge < -0.3 is 14.1 Å². The largest absolute Gasteiger partial charge is 0.456 e. The molecular weight excluding hydrogens is 683 g/mol. The summed E-state index contributed by atoms with van der Waals surface area (Å²) in [7, 11) is 0. The predicted octanol–water partition coefficient (Wildman–Crippen LogP) is 14.3. The van der Waals surface area contributed by atoms with Crippen LogP contribution in [0, 0.1) is 0 Å². The van der Waals surface area contributed by atoms with Crippen LogP contribution in [0.15, 0.2) is 205 Å². The minimum Gasteiger partial charge on any atom is -0.456 e. The van der Waals surface area contributed by atoms with Crippen molar-refractivity contribution in [1.82, 2.24) is 0 Å². The highest BCUT2D eigenvalue weighted by atomic mass is 16.5. The van der Waals surface area contributed by atoms with Gasteiger partial charge >= 0.3 is 0 Å². The van der Waals surface area contributed by atoms with Crippen LogP contribution in [0.1, 0.15) is 22.3 Å². The second-order valence-electron chi connectivity index (χ2n) is 14.8. The Bertz CT molecular complexity index is 3180. The second-order valence-corrected chi connectivity index (χ2v) is 14.8. The lowest BCUT2D eigenvalue weighted by molar-refractivity contribution is 0.441. The monoisotopic (exact) mass is 715 g/mol. The number of para-hydroxylation sites is 3. The quantitative estimate of drug-likeness (QED) is 0.181. The molecule has 12 rings (SSSR count). The van der Waals surface area contributed by atoms with Crippen LogP contribution >= 0.6 is 0 Å². The molecule has 9 aromatic carbocycles. The summed E-state index contributed by atoms with van der Waals surface area (Å²) < 4.78 is 13.7. The smallest absolute Gasteiger partial charge is 0.159 e. The van der Waals surface area contributed by atoms with Crippen LogP contribution in [-0.2, 0) is 5.41 Å². The molecule has 1 atom stereocenters. The highest BCUT2D eigenvalue weighted by Gasteiger charge is 2.52.